The highest BCUT2D eigenvalue weighted by Gasteiger charge is 2.31. The summed E-state index contributed by atoms with van der Waals surface area (Å²) < 4.78 is 39.7. The smallest absolute Gasteiger partial charge is 0.406 e. The van der Waals surface area contributed by atoms with Crippen LogP contribution in [0.3, 0.4) is 0 Å². The fourth-order valence-corrected chi connectivity index (χ4v) is 1.45. The first-order valence-corrected chi connectivity index (χ1v) is 5.51. The van der Waals surface area contributed by atoms with Crippen molar-refractivity contribution in [3.05, 3.63) is 54.4 Å². The van der Waals surface area contributed by atoms with Crippen LogP contribution in [0.15, 0.2) is 48.8 Å². The molecule has 7 heteroatoms. The standard InChI is InChI=1S/C13H9F3N2O2/c14-13(15,16)20-11-3-1-9(2-4-11)12(19)18-10-5-7-17-8-6-10/h1-8H,(H,17,18,19). The maximum Gasteiger partial charge on any atom is 0.573 e. The van der Waals surface area contributed by atoms with E-state index in [1.807, 2.05) is 0 Å². The fraction of sp³-hybridized carbons (Fsp3) is 0.0769. The molecule has 0 spiro atoms. The quantitative estimate of drug-likeness (QED) is 0.940. The lowest BCUT2D eigenvalue weighted by Gasteiger charge is -2.09. The number of halogens is 3. The Morgan fingerprint density at radius 2 is 1.65 bits per heavy atom. The summed E-state index contributed by atoms with van der Waals surface area (Å²) in [6, 6.07) is 7.84. The summed E-state index contributed by atoms with van der Waals surface area (Å²) in [5.41, 5.74) is 0.761. The summed E-state index contributed by atoms with van der Waals surface area (Å²) in [4.78, 5) is 15.6. The summed E-state index contributed by atoms with van der Waals surface area (Å²) in [5.74, 6) is -0.812. The van der Waals surface area contributed by atoms with Crippen molar-refractivity contribution in [1.29, 1.82) is 0 Å². The van der Waals surface area contributed by atoms with Crippen molar-refractivity contribution in [3.63, 3.8) is 0 Å². The summed E-state index contributed by atoms with van der Waals surface area (Å²) in [6.07, 6.45) is -1.73. The Bertz CT molecular complexity index is 583. The predicted octanol–water partition coefficient (Wildman–Crippen LogP) is 3.23. The molecule has 1 N–H and O–H groups in total. The molecule has 0 aliphatic carbocycles. The van der Waals surface area contributed by atoms with Crippen molar-refractivity contribution in [2.45, 2.75) is 6.36 Å². The number of hydrogen-bond acceptors (Lipinski definition) is 3. The number of rotatable bonds is 3. The minimum Gasteiger partial charge on any atom is -0.406 e. The average Bonchev–Trinajstić information content (AvgIpc) is 2.39. The number of amides is 1. The molecule has 1 heterocycles. The molecule has 1 aromatic carbocycles. The summed E-state index contributed by atoms with van der Waals surface area (Å²) in [7, 11) is 0. The lowest BCUT2D eigenvalue weighted by atomic mass is 10.2. The van der Waals surface area contributed by atoms with Gasteiger partial charge in [0.25, 0.3) is 5.91 Å². The first-order chi connectivity index (χ1) is 9.44. The third-order valence-corrected chi connectivity index (χ3v) is 2.29. The van der Waals surface area contributed by atoms with Gasteiger partial charge in [-0.1, -0.05) is 0 Å². The number of hydrogen-bond donors (Lipinski definition) is 1. The van der Waals surface area contributed by atoms with Gasteiger partial charge in [0.2, 0.25) is 0 Å². The SMILES string of the molecule is O=C(Nc1ccncc1)c1ccc(OC(F)(F)F)cc1. The van der Waals surface area contributed by atoms with Gasteiger partial charge < -0.3 is 10.1 Å². The number of anilines is 1. The molecule has 0 atom stereocenters. The molecular formula is C13H9F3N2O2. The third-order valence-electron chi connectivity index (χ3n) is 2.29. The van der Waals surface area contributed by atoms with Crippen LogP contribution < -0.4 is 10.1 Å². The predicted molar refractivity (Wildman–Crippen MR) is 65.3 cm³/mol. The van der Waals surface area contributed by atoms with E-state index < -0.39 is 12.3 Å². The maximum absolute atomic E-state index is 12.0. The van der Waals surface area contributed by atoms with E-state index in [1.165, 1.54) is 24.5 Å². The lowest BCUT2D eigenvalue weighted by molar-refractivity contribution is -0.274. The second kappa shape index (κ2) is 5.60. The van der Waals surface area contributed by atoms with E-state index in [4.69, 9.17) is 0 Å². The number of carbonyl (C=O) groups is 1. The van der Waals surface area contributed by atoms with Gasteiger partial charge in [-0.25, -0.2) is 0 Å². The number of nitrogens with one attached hydrogen (secondary N) is 1. The Labute approximate surface area is 112 Å². The normalized spacial score (nSPS) is 10.9. The van der Waals surface area contributed by atoms with E-state index in [1.54, 1.807) is 12.1 Å². The van der Waals surface area contributed by atoms with E-state index in [0.29, 0.717) is 5.69 Å². The zero-order valence-electron chi connectivity index (χ0n) is 10.0. The Morgan fingerprint density at radius 3 is 2.20 bits per heavy atom. The molecule has 0 radical (unpaired) electrons. The van der Waals surface area contributed by atoms with Crippen molar-refractivity contribution in [3.8, 4) is 5.75 Å². The van der Waals surface area contributed by atoms with Crippen LogP contribution in [0.2, 0.25) is 0 Å². The van der Waals surface area contributed by atoms with Gasteiger partial charge in [0.15, 0.2) is 0 Å². The molecule has 0 aliphatic heterocycles. The summed E-state index contributed by atoms with van der Waals surface area (Å²) >= 11 is 0. The number of pyridine rings is 1. The summed E-state index contributed by atoms with van der Waals surface area (Å²) in [6.45, 7) is 0. The topological polar surface area (TPSA) is 51.2 Å². The maximum atomic E-state index is 12.0. The fourth-order valence-electron chi connectivity index (χ4n) is 1.45. The zero-order valence-corrected chi connectivity index (χ0v) is 10.0. The highest BCUT2D eigenvalue weighted by molar-refractivity contribution is 6.04. The van der Waals surface area contributed by atoms with Crippen LogP contribution in [0.4, 0.5) is 18.9 Å². The minimum atomic E-state index is -4.75. The van der Waals surface area contributed by atoms with Gasteiger partial charge >= 0.3 is 6.36 Å². The van der Waals surface area contributed by atoms with Gasteiger partial charge in [0, 0.05) is 23.6 Å². The van der Waals surface area contributed by atoms with Gasteiger partial charge in [-0.05, 0) is 36.4 Å². The number of benzene rings is 1. The second-order valence-electron chi connectivity index (χ2n) is 3.76. The molecule has 1 amide bonds. The monoisotopic (exact) mass is 282 g/mol. The van der Waals surface area contributed by atoms with Crippen LogP contribution in [0.25, 0.3) is 0 Å². The molecule has 4 nitrogen and oxygen atoms in total. The molecule has 0 unspecified atom stereocenters. The molecule has 20 heavy (non-hydrogen) atoms. The van der Waals surface area contributed by atoms with Crippen LogP contribution in [-0.4, -0.2) is 17.3 Å². The molecular weight excluding hydrogens is 273 g/mol. The third kappa shape index (κ3) is 3.98. The average molecular weight is 282 g/mol. The first kappa shape index (κ1) is 13.9. The Hall–Kier alpha value is -2.57. The zero-order chi connectivity index (χ0) is 14.6. The van der Waals surface area contributed by atoms with Crippen LogP contribution in [0.1, 0.15) is 10.4 Å². The molecule has 2 rings (SSSR count). The van der Waals surface area contributed by atoms with Crippen LogP contribution in [0.5, 0.6) is 5.75 Å². The molecule has 1 aromatic heterocycles. The number of alkyl halides is 3. The highest BCUT2D eigenvalue weighted by Crippen LogP contribution is 2.22. The van der Waals surface area contributed by atoms with Gasteiger partial charge in [-0.2, -0.15) is 0 Å². The molecule has 2 aromatic rings. The van der Waals surface area contributed by atoms with E-state index in [9.17, 15) is 18.0 Å². The Morgan fingerprint density at radius 1 is 1.05 bits per heavy atom. The van der Waals surface area contributed by atoms with E-state index >= 15 is 0 Å². The molecule has 0 bridgehead atoms. The first-order valence-electron chi connectivity index (χ1n) is 5.51. The van der Waals surface area contributed by atoms with Crippen LogP contribution in [-0.2, 0) is 0 Å². The molecule has 0 saturated heterocycles. The van der Waals surface area contributed by atoms with E-state index in [2.05, 4.69) is 15.0 Å². The van der Waals surface area contributed by atoms with Gasteiger partial charge in [-0.15, -0.1) is 13.2 Å². The number of carbonyl (C=O) groups excluding carboxylic acids is 1. The second-order valence-corrected chi connectivity index (χ2v) is 3.76. The van der Waals surface area contributed by atoms with Gasteiger partial charge in [0.1, 0.15) is 5.75 Å². The number of nitrogens with zero attached hydrogens (tertiary/aromatic N) is 1. The van der Waals surface area contributed by atoms with Gasteiger partial charge in [-0.3, -0.25) is 9.78 Å². The van der Waals surface area contributed by atoms with Crippen molar-refractivity contribution in [2.75, 3.05) is 5.32 Å². The van der Waals surface area contributed by atoms with E-state index in [0.717, 1.165) is 12.1 Å². The van der Waals surface area contributed by atoms with Crippen molar-refractivity contribution in [1.82, 2.24) is 4.98 Å². The summed E-state index contributed by atoms with van der Waals surface area (Å²) in [5, 5.41) is 2.58. The van der Waals surface area contributed by atoms with Crippen molar-refractivity contribution < 1.29 is 22.7 Å². The Balaban J connectivity index is 2.04. The molecule has 104 valence electrons. The Kier molecular flexibility index (Phi) is 3.88. The largest absolute Gasteiger partial charge is 0.573 e. The van der Waals surface area contributed by atoms with Crippen LogP contribution in [0, 0.1) is 0 Å². The minimum absolute atomic E-state index is 0.219. The number of ether oxygens (including phenoxy) is 1. The van der Waals surface area contributed by atoms with Gasteiger partial charge in [0.05, 0.1) is 0 Å². The highest BCUT2D eigenvalue weighted by atomic mass is 19.4. The van der Waals surface area contributed by atoms with Crippen molar-refractivity contribution in [2.24, 2.45) is 0 Å². The molecule has 0 aliphatic rings. The van der Waals surface area contributed by atoms with E-state index in [-0.39, 0.29) is 11.3 Å². The van der Waals surface area contributed by atoms with Crippen LogP contribution >= 0.6 is 0 Å². The van der Waals surface area contributed by atoms with Crippen molar-refractivity contribution >= 4 is 11.6 Å². The lowest BCUT2D eigenvalue weighted by Crippen LogP contribution is -2.17. The molecule has 0 fully saturated rings. The molecule has 0 saturated carbocycles. The number of aromatic nitrogens is 1.